The summed E-state index contributed by atoms with van der Waals surface area (Å²) in [5, 5.41) is 0. The van der Waals surface area contributed by atoms with Gasteiger partial charge < -0.3 is 0 Å². The molecule has 0 radical (unpaired) electrons. The average Bonchev–Trinajstić information content (AvgIpc) is 1.19. The molecule has 58 valence electrons. The first kappa shape index (κ1) is 12.2. The standard InChI is InChI=1S/H2O3Se.2H2O.2O.W/c1-4(2)3;;;;;/h(H2,1,2,3);2*1H2;;;/q;;;;;+2/p-2. The Labute approximate surface area is 58.0 Å². The average molecular weight is 379 g/mol. The molecule has 0 bridgehead atoms. The van der Waals surface area contributed by atoms with Crippen molar-refractivity contribution < 1.29 is 43.3 Å². The molecular weight excluding hydrogens is 375 g/mol. The molecule has 0 fully saturated rings. The van der Waals surface area contributed by atoms with Gasteiger partial charge in [-0.05, 0) is 0 Å². The van der Waals surface area contributed by atoms with Crippen molar-refractivity contribution in [3.63, 3.8) is 0 Å². The van der Waals surface area contributed by atoms with Gasteiger partial charge in [-0.2, -0.15) is 0 Å². The van der Waals surface area contributed by atoms with Gasteiger partial charge >= 0.3 is 57.8 Å². The van der Waals surface area contributed by atoms with Gasteiger partial charge in [-0.15, -0.1) is 0 Å². The molecule has 9 heteroatoms. The van der Waals surface area contributed by atoms with Crippen LogP contribution in [0.4, 0.5) is 0 Å². The first-order chi connectivity index (χ1) is 3.73. The normalized spacial score (nSPS) is 10.3. The van der Waals surface area contributed by atoms with Crippen LogP contribution in [-0.4, -0.2) is 30.4 Å². The van der Waals surface area contributed by atoms with E-state index in [0.29, 0.717) is 0 Å². The van der Waals surface area contributed by atoms with Crippen LogP contribution in [0, 0.1) is 0 Å². The number of rotatable bonds is 0. The Bertz CT molecular complexity index is 151. The topological polar surface area (TPSA) is 132 Å². The van der Waals surface area contributed by atoms with E-state index in [2.05, 4.69) is 0 Å². The van der Waals surface area contributed by atoms with Crippen molar-refractivity contribution in [3.05, 3.63) is 0 Å². The fourth-order valence-electron chi connectivity index (χ4n) is 0. The molecule has 0 aromatic heterocycles. The van der Waals surface area contributed by atoms with E-state index in [9.17, 15) is 0 Å². The van der Waals surface area contributed by atoms with Crippen LogP contribution in [0.3, 0.4) is 0 Å². The molecule has 0 saturated carbocycles. The van der Waals surface area contributed by atoms with Gasteiger partial charge in [-0.3, -0.25) is 0 Å². The Morgan fingerprint density at radius 3 is 1.11 bits per heavy atom. The van der Waals surface area contributed by atoms with Crippen molar-refractivity contribution >= 4 is 14.5 Å². The molecule has 4 N–H and O–H groups in total. The molecule has 0 amide bonds. The van der Waals surface area contributed by atoms with Crippen molar-refractivity contribution in [2.75, 3.05) is 0 Å². The van der Waals surface area contributed by atoms with Crippen LogP contribution >= 0.6 is 0 Å². The fourth-order valence-corrected chi connectivity index (χ4v) is 0. The van der Waals surface area contributed by atoms with Crippen molar-refractivity contribution in [3.8, 4) is 0 Å². The molecule has 0 aromatic carbocycles. The molecule has 0 heterocycles. The van der Waals surface area contributed by atoms with E-state index in [1.54, 1.807) is 0 Å². The maximum atomic E-state index is 8.87. The van der Waals surface area contributed by atoms with E-state index in [-0.39, 0.29) is 0 Å². The summed E-state index contributed by atoms with van der Waals surface area (Å²) in [5.41, 5.74) is 0. The molecule has 0 saturated heterocycles. The molecule has 9 heavy (non-hydrogen) atoms. The summed E-state index contributed by atoms with van der Waals surface area (Å²) >= 11 is -8.96. The van der Waals surface area contributed by atoms with Gasteiger partial charge in [0.2, 0.25) is 0 Å². The molecule has 0 rings (SSSR count). The first-order valence-corrected chi connectivity index (χ1v) is 8.48. The zero-order valence-corrected chi connectivity index (χ0v) is 8.48. The van der Waals surface area contributed by atoms with Gasteiger partial charge in [0, 0.05) is 0 Å². The Morgan fingerprint density at radius 1 is 1.11 bits per heavy atom. The number of hydrogen-bond donors (Lipinski definition) is 4. The van der Waals surface area contributed by atoms with Crippen LogP contribution < -0.4 is 0 Å². The second-order valence-corrected chi connectivity index (χ2v) is 4.86. The van der Waals surface area contributed by atoms with Crippen LogP contribution in [0.25, 0.3) is 0 Å². The SMILES string of the molecule is O=[Se](O)O.[O]=[W](=[O])([OH])[OH]. The molecule has 0 aliphatic carbocycles. The molecular formula is H4O7SeW. The first-order valence-electron chi connectivity index (χ1n) is 1.23. The summed E-state index contributed by atoms with van der Waals surface area (Å²) in [6.45, 7) is 0. The second-order valence-electron chi connectivity index (χ2n) is 0.679. The van der Waals surface area contributed by atoms with Gasteiger partial charge in [0.15, 0.2) is 0 Å². The summed E-state index contributed by atoms with van der Waals surface area (Å²) in [7, 11) is 0. The quantitative estimate of drug-likeness (QED) is 0.331. The molecule has 0 spiro atoms. The van der Waals surface area contributed by atoms with Crippen LogP contribution in [0.5, 0.6) is 0 Å². The summed E-state index contributed by atoms with van der Waals surface area (Å²) in [6, 6.07) is 0. The monoisotopic (exact) mass is 380 g/mol. The third-order valence-electron chi connectivity index (χ3n) is 0. The van der Waals surface area contributed by atoms with E-state index >= 15 is 0 Å². The van der Waals surface area contributed by atoms with Crippen LogP contribution in [0.15, 0.2) is 0 Å². The summed E-state index contributed by atoms with van der Waals surface area (Å²) in [4.78, 5) is 0. The van der Waals surface area contributed by atoms with Crippen molar-refractivity contribution in [2.45, 2.75) is 0 Å². The van der Waals surface area contributed by atoms with E-state index in [1.165, 1.54) is 0 Å². The minimum absolute atomic E-state index is 3.29. The molecule has 0 atom stereocenters. The van der Waals surface area contributed by atoms with Crippen LogP contribution in [0.1, 0.15) is 0 Å². The Kier molecular flexibility index (Phi) is 7.09. The van der Waals surface area contributed by atoms with Gasteiger partial charge in [-0.1, -0.05) is 0 Å². The Morgan fingerprint density at radius 2 is 1.11 bits per heavy atom. The van der Waals surface area contributed by atoms with E-state index < -0.39 is 31.2 Å². The molecule has 0 aliphatic rings. The summed E-state index contributed by atoms with van der Waals surface area (Å²) in [5.74, 6) is 0. The summed E-state index contributed by atoms with van der Waals surface area (Å²) < 4.78 is 55.2. The summed E-state index contributed by atoms with van der Waals surface area (Å²) in [6.07, 6.45) is 0. The maximum absolute atomic E-state index is 8.87. The van der Waals surface area contributed by atoms with E-state index in [4.69, 9.17) is 26.5 Å². The van der Waals surface area contributed by atoms with Gasteiger partial charge in [0.25, 0.3) is 0 Å². The van der Waals surface area contributed by atoms with Crippen LogP contribution in [-0.2, 0) is 27.4 Å². The zero-order chi connectivity index (χ0) is 8.08. The van der Waals surface area contributed by atoms with Crippen LogP contribution in [0.2, 0.25) is 0 Å². The number of hydrogen-bond acceptors (Lipinski definition) is 3. The van der Waals surface area contributed by atoms with Crippen molar-refractivity contribution in [2.24, 2.45) is 0 Å². The predicted octanol–water partition coefficient (Wildman–Crippen LogP) is -2.97. The molecule has 0 aliphatic heterocycles. The molecule has 7 nitrogen and oxygen atoms in total. The van der Waals surface area contributed by atoms with Crippen molar-refractivity contribution in [1.29, 1.82) is 0 Å². The Balaban J connectivity index is 0. The third-order valence-corrected chi connectivity index (χ3v) is 0. The fraction of sp³-hybridized carbons (Fsp3) is 0. The molecule has 0 unspecified atom stereocenters. The minimum atomic E-state index is -5.67. The van der Waals surface area contributed by atoms with Gasteiger partial charge in [0.1, 0.15) is 0 Å². The van der Waals surface area contributed by atoms with Gasteiger partial charge in [0.05, 0.1) is 0 Å². The van der Waals surface area contributed by atoms with Gasteiger partial charge in [-0.25, -0.2) is 0 Å². The predicted molar refractivity (Wildman–Crippen MR) is 16.7 cm³/mol. The zero-order valence-electron chi connectivity index (χ0n) is 3.83. The third kappa shape index (κ3) is 1750. The van der Waals surface area contributed by atoms with Crippen molar-refractivity contribution in [1.82, 2.24) is 0 Å². The van der Waals surface area contributed by atoms with E-state index in [0.717, 1.165) is 0 Å². The molecule has 0 aromatic rings. The Hall–Kier alpha value is 0.448. The van der Waals surface area contributed by atoms with E-state index in [1.807, 2.05) is 0 Å². The second kappa shape index (κ2) is 5.25.